The van der Waals surface area contributed by atoms with Gasteiger partial charge in [0.05, 0.1) is 16.9 Å². The second-order valence-electron chi connectivity index (χ2n) is 4.37. The molecular formula is C13H18BrF2N3O. The van der Waals surface area contributed by atoms with Crippen LogP contribution in [0, 0.1) is 17.0 Å². The summed E-state index contributed by atoms with van der Waals surface area (Å²) in [6, 6.07) is 2.56. The molecule has 0 spiro atoms. The van der Waals surface area contributed by atoms with E-state index in [1.54, 1.807) is 12.0 Å². The van der Waals surface area contributed by atoms with Crippen molar-refractivity contribution in [1.82, 2.24) is 4.90 Å². The molecule has 0 heterocycles. The van der Waals surface area contributed by atoms with Crippen LogP contribution >= 0.6 is 15.9 Å². The van der Waals surface area contributed by atoms with Crippen molar-refractivity contribution < 1.29 is 13.5 Å². The molecule has 0 aliphatic rings. The molecular weight excluding hydrogens is 332 g/mol. The molecule has 4 nitrogen and oxygen atoms in total. The van der Waals surface area contributed by atoms with Crippen LogP contribution < -0.4 is 5.73 Å². The van der Waals surface area contributed by atoms with Gasteiger partial charge in [-0.25, -0.2) is 8.78 Å². The van der Waals surface area contributed by atoms with E-state index < -0.39 is 11.6 Å². The Labute approximate surface area is 125 Å². The zero-order valence-electron chi connectivity index (χ0n) is 11.3. The van der Waals surface area contributed by atoms with E-state index in [1.165, 1.54) is 12.1 Å². The van der Waals surface area contributed by atoms with Crippen LogP contribution in [0.2, 0.25) is 0 Å². The molecule has 1 aromatic rings. The van der Waals surface area contributed by atoms with Gasteiger partial charge in [-0.1, -0.05) is 0 Å². The highest BCUT2D eigenvalue weighted by Crippen LogP contribution is 2.22. The predicted octanol–water partition coefficient (Wildman–Crippen LogP) is 2.50. The fourth-order valence-electron chi connectivity index (χ4n) is 1.71. The molecule has 0 atom stereocenters. The third-order valence-electron chi connectivity index (χ3n) is 2.83. The zero-order chi connectivity index (χ0) is 15.1. The van der Waals surface area contributed by atoms with Crippen LogP contribution in [0.1, 0.15) is 12.0 Å². The van der Waals surface area contributed by atoms with Crippen molar-refractivity contribution in [3.8, 4) is 0 Å². The van der Waals surface area contributed by atoms with Gasteiger partial charge in [-0.2, -0.15) is 0 Å². The van der Waals surface area contributed by atoms with Gasteiger partial charge in [-0.3, -0.25) is 10.3 Å². The van der Waals surface area contributed by atoms with E-state index in [0.717, 1.165) is 0 Å². The number of ether oxygens (including phenoxy) is 1. The van der Waals surface area contributed by atoms with E-state index in [9.17, 15) is 8.78 Å². The number of halogens is 3. The summed E-state index contributed by atoms with van der Waals surface area (Å²) in [5, 5.41) is 7.23. The molecule has 0 saturated heterocycles. The molecule has 112 valence electrons. The Kier molecular flexibility index (Phi) is 7.04. The van der Waals surface area contributed by atoms with E-state index in [2.05, 4.69) is 15.9 Å². The van der Waals surface area contributed by atoms with E-state index in [1.807, 2.05) is 0 Å². The fourth-order valence-corrected chi connectivity index (χ4v) is 2.08. The Balaban J connectivity index is 2.82. The monoisotopic (exact) mass is 349 g/mol. The number of benzene rings is 1. The lowest BCUT2D eigenvalue weighted by molar-refractivity contribution is 0.144. The molecule has 1 rings (SSSR count). The Morgan fingerprint density at radius 3 is 2.70 bits per heavy atom. The zero-order valence-corrected chi connectivity index (χ0v) is 12.8. The lowest BCUT2D eigenvalue weighted by Gasteiger charge is -2.22. The summed E-state index contributed by atoms with van der Waals surface area (Å²) in [7, 11) is 1.56. The average Bonchev–Trinajstić information content (AvgIpc) is 2.41. The molecule has 0 aromatic heterocycles. The second-order valence-corrected chi connectivity index (χ2v) is 5.22. The van der Waals surface area contributed by atoms with Crippen LogP contribution in [-0.2, 0) is 11.3 Å². The number of methoxy groups -OCH3 is 1. The third kappa shape index (κ3) is 5.15. The van der Waals surface area contributed by atoms with Gasteiger partial charge in [0, 0.05) is 38.7 Å². The van der Waals surface area contributed by atoms with Gasteiger partial charge in [0.1, 0.15) is 11.6 Å². The fraction of sp³-hybridized carbons (Fsp3) is 0.462. The summed E-state index contributed by atoms with van der Waals surface area (Å²) in [4.78, 5) is 1.80. The van der Waals surface area contributed by atoms with Crippen LogP contribution in [0.5, 0.6) is 0 Å². The summed E-state index contributed by atoms with van der Waals surface area (Å²) < 4.78 is 32.9. The largest absolute Gasteiger partial charge is 0.388 e. The van der Waals surface area contributed by atoms with Crippen LogP contribution in [0.4, 0.5) is 8.78 Å². The lowest BCUT2D eigenvalue weighted by Crippen LogP contribution is -2.31. The first kappa shape index (κ1) is 17.0. The normalized spacial score (nSPS) is 11.1. The number of hydrogen-bond acceptors (Lipinski definition) is 3. The standard InChI is InChI=1S/C13H18BrF2N3O/c1-20-7-6-19(5-4-12(17)18)8-9-11(15)3-2-10(14)13(9)16/h2-3H,4-8H2,1H3,(H3,17,18). The minimum Gasteiger partial charge on any atom is -0.388 e. The van der Waals surface area contributed by atoms with E-state index in [-0.39, 0.29) is 22.4 Å². The van der Waals surface area contributed by atoms with Crippen molar-refractivity contribution in [3.05, 3.63) is 33.8 Å². The molecule has 0 bridgehead atoms. The van der Waals surface area contributed by atoms with Crippen LogP contribution in [0.3, 0.4) is 0 Å². The minimum atomic E-state index is -0.602. The smallest absolute Gasteiger partial charge is 0.144 e. The Morgan fingerprint density at radius 1 is 1.40 bits per heavy atom. The Morgan fingerprint density at radius 2 is 2.10 bits per heavy atom. The SMILES string of the molecule is COCCN(CCC(=N)N)Cc1c(F)ccc(Br)c1F. The second kappa shape index (κ2) is 8.28. The van der Waals surface area contributed by atoms with Gasteiger partial charge in [0.2, 0.25) is 0 Å². The maximum absolute atomic E-state index is 13.9. The van der Waals surface area contributed by atoms with Crippen molar-refractivity contribution in [3.63, 3.8) is 0 Å². The average molecular weight is 350 g/mol. The highest BCUT2D eigenvalue weighted by atomic mass is 79.9. The summed E-state index contributed by atoms with van der Waals surface area (Å²) in [5.74, 6) is -1.14. The molecule has 0 aliphatic carbocycles. The van der Waals surface area contributed by atoms with E-state index >= 15 is 0 Å². The number of nitrogens with two attached hydrogens (primary N) is 1. The lowest BCUT2D eigenvalue weighted by atomic mass is 10.1. The molecule has 0 saturated carbocycles. The van der Waals surface area contributed by atoms with E-state index in [0.29, 0.717) is 26.1 Å². The molecule has 0 amide bonds. The number of nitrogens with one attached hydrogen (secondary N) is 1. The van der Waals surface area contributed by atoms with Crippen molar-refractivity contribution in [2.75, 3.05) is 26.8 Å². The first-order valence-corrected chi connectivity index (χ1v) is 6.91. The number of amidine groups is 1. The third-order valence-corrected chi connectivity index (χ3v) is 3.44. The van der Waals surface area contributed by atoms with Gasteiger partial charge in [-0.05, 0) is 28.1 Å². The van der Waals surface area contributed by atoms with Gasteiger partial charge in [0.15, 0.2) is 0 Å². The molecule has 7 heteroatoms. The highest BCUT2D eigenvalue weighted by molar-refractivity contribution is 9.10. The minimum absolute atomic E-state index is 0.000898. The molecule has 0 aliphatic heterocycles. The predicted molar refractivity (Wildman–Crippen MR) is 77.7 cm³/mol. The molecule has 0 unspecified atom stereocenters. The Hall–Kier alpha value is -1.05. The summed E-state index contributed by atoms with van der Waals surface area (Å²) >= 11 is 3.05. The number of nitrogens with zero attached hydrogens (tertiary/aromatic N) is 1. The summed E-state index contributed by atoms with van der Waals surface area (Å²) in [5.41, 5.74) is 5.32. The molecule has 20 heavy (non-hydrogen) atoms. The van der Waals surface area contributed by atoms with E-state index in [4.69, 9.17) is 15.9 Å². The summed E-state index contributed by atoms with van der Waals surface area (Å²) in [6.45, 7) is 1.50. The molecule has 1 aromatic carbocycles. The molecule has 3 N–H and O–H groups in total. The van der Waals surface area contributed by atoms with Crippen LogP contribution in [0.15, 0.2) is 16.6 Å². The van der Waals surface area contributed by atoms with Crippen molar-refractivity contribution >= 4 is 21.8 Å². The van der Waals surface area contributed by atoms with Crippen molar-refractivity contribution in [1.29, 1.82) is 5.41 Å². The topological polar surface area (TPSA) is 62.3 Å². The maximum atomic E-state index is 13.9. The highest BCUT2D eigenvalue weighted by Gasteiger charge is 2.16. The molecule has 0 radical (unpaired) electrons. The Bertz CT molecular complexity index is 471. The van der Waals surface area contributed by atoms with Crippen molar-refractivity contribution in [2.45, 2.75) is 13.0 Å². The maximum Gasteiger partial charge on any atom is 0.144 e. The van der Waals surface area contributed by atoms with Crippen LogP contribution in [-0.4, -0.2) is 37.5 Å². The quantitative estimate of drug-likeness (QED) is 0.430. The van der Waals surface area contributed by atoms with Crippen LogP contribution in [0.25, 0.3) is 0 Å². The number of rotatable bonds is 8. The van der Waals surface area contributed by atoms with Gasteiger partial charge >= 0.3 is 0 Å². The van der Waals surface area contributed by atoms with Gasteiger partial charge < -0.3 is 10.5 Å². The molecule has 0 fully saturated rings. The first-order chi connectivity index (χ1) is 9.45. The summed E-state index contributed by atoms with van der Waals surface area (Å²) in [6.07, 6.45) is 0.348. The van der Waals surface area contributed by atoms with Gasteiger partial charge in [-0.15, -0.1) is 0 Å². The van der Waals surface area contributed by atoms with Gasteiger partial charge in [0.25, 0.3) is 0 Å². The number of hydrogen-bond donors (Lipinski definition) is 2. The first-order valence-electron chi connectivity index (χ1n) is 6.12. The van der Waals surface area contributed by atoms with Crippen molar-refractivity contribution in [2.24, 2.45) is 5.73 Å².